The van der Waals surface area contributed by atoms with E-state index in [1.807, 2.05) is 36.1 Å². The molecule has 2 aliphatic rings. The van der Waals surface area contributed by atoms with Crippen LogP contribution >= 0.6 is 0 Å². The highest BCUT2D eigenvalue weighted by molar-refractivity contribution is 6.11. The van der Waals surface area contributed by atoms with E-state index in [0.29, 0.717) is 30.1 Å². The van der Waals surface area contributed by atoms with Crippen LogP contribution in [0.25, 0.3) is 11.0 Å². The molecule has 0 aliphatic carbocycles. The van der Waals surface area contributed by atoms with E-state index in [4.69, 9.17) is 14.1 Å². The number of nitrogens with zero attached hydrogens (tertiary/aromatic N) is 4. The molecule has 2 fully saturated rings. The van der Waals surface area contributed by atoms with Gasteiger partial charge in [0.15, 0.2) is 0 Å². The van der Waals surface area contributed by atoms with Crippen molar-refractivity contribution in [1.82, 2.24) is 20.1 Å². The van der Waals surface area contributed by atoms with Gasteiger partial charge in [-0.1, -0.05) is 0 Å². The van der Waals surface area contributed by atoms with E-state index in [9.17, 15) is 14.4 Å². The average Bonchev–Trinajstić information content (AvgIpc) is 3.59. The van der Waals surface area contributed by atoms with Crippen molar-refractivity contribution in [3.05, 3.63) is 53.9 Å². The minimum Gasteiger partial charge on any atom is -0.481 e. The molecule has 0 radical (unpaired) electrons. The molecule has 1 unspecified atom stereocenters. The number of hydrogen-bond acceptors (Lipinski definition) is 7. The number of aliphatic imine (C=N–C) groups is 1. The number of aromatic nitrogens is 1. The van der Waals surface area contributed by atoms with Gasteiger partial charge in [-0.05, 0) is 69.4 Å². The van der Waals surface area contributed by atoms with Crippen LogP contribution in [0.2, 0.25) is 0 Å². The van der Waals surface area contributed by atoms with Crippen LogP contribution in [0.5, 0.6) is 5.88 Å². The third kappa shape index (κ3) is 6.41. The molecule has 11 heteroatoms. The number of amides is 3. The Labute approximate surface area is 232 Å². The third-order valence-corrected chi connectivity index (χ3v) is 7.16. The lowest BCUT2D eigenvalue weighted by Crippen LogP contribution is -2.45. The van der Waals surface area contributed by atoms with Crippen molar-refractivity contribution >= 4 is 40.3 Å². The van der Waals surface area contributed by atoms with Crippen LogP contribution in [-0.4, -0.2) is 77.8 Å². The molecular weight excluding hydrogens is 512 g/mol. The van der Waals surface area contributed by atoms with E-state index in [0.717, 1.165) is 55.5 Å². The van der Waals surface area contributed by atoms with Crippen LogP contribution in [0.1, 0.15) is 48.2 Å². The van der Waals surface area contributed by atoms with E-state index < -0.39 is 11.9 Å². The topological polar surface area (TPSA) is 129 Å². The fourth-order valence-corrected chi connectivity index (χ4v) is 5.08. The summed E-state index contributed by atoms with van der Waals surface area (Å²) in [5.41, 5.74) is 1.74. The number of carbonyl (C=O) groups is 3. The number of pyridine rings is 1. The molecule has 1 atom stereocenters. The molecule has 4 heterocycles. The monoisotopic (exact) mass is 546 g/mol. The highest BCUT2D eigenvalue weighted by Crippen LogP contribution is 2.23. The van der Waals surface area contributed by atoms with Crippen molar-refractivity contribution < 1.29 is 23.5 Å². The van der Waals surface area contributed by atoms with Crippen molar-refractivity contribution in [2.75, 3.05) is 38.6 Å². The second kappa shape index (κ2) is 12.2. The fraction of sp³-hybridized carbons (Fsp3) is 0.414. The van der Waals surface area contributed by atoms with Gasteiger partial charge in [0.2, 0.25) is 23.7 Å². The van der Waals surface area contributed by atoms with Crippen LogP contribution < -0.4 is 15.4 Å². The quantitative estimate of drug-likeness (QED) is 0.358. The Kier molecular flexibility index (Phi) is 8.28. The van der Waals surface area contributed by atoms with Crippen molar-refractivity contribution in [3.8, 4) is 5.88 Å². The van der Waals surface area contributed by atoms with Gasteiger partial charge in [-0.2, -0.15) is 0 Å². The Bertz CT molecular complexity index is 1430. The smallest absolute Gasteiger partial charge is 0.258 e. The van der Waals surface area contributed by atoms with E-state index in [1.54, 1.807) is 11.0 Å². The van der Waals surface area contributed by atoms with Crippen LogP contribution in [0.15, 0.2) is 52.0 Å². The first kappa shape index (κ1) is 27.2. The van der Waals surface area contributed by atoms with Crippen molar-refractivity contribution in [2.24, 2.45) is 4.99 Å². The van der Waals surface area contributed by atoms with Crippen molar-refractivity contribution in [1.29, 1.82) is 0 Å². The predicted octanol–water partition coefficient (Wildman–Crippen LogP) is 3.35. The zero-order valence-corrected chi connectivity index (χ0v) is 22.8. The number of hydrogen-bond donors (Lipinski definition) is 2. The molecule has 5 rings (SSSR count). The van der Waals surface area contributed by atoms with Crippen molar-refractivity contribution in [2.45, 2.75) is 45.1 Å². The standard InChI is InChI=1S/C29H34N6O5/c1-19-15-21-16-22(8-9-24(21)40-19)31-29(33-27(37)20-10-11-30-25(17-20)39-2)32-23-7-3-4-14-35(28(23)38)18-26(36)34-12-5-6-13-34/h8-11,15-17,23H,3-7,12-14,18H2,1-2H3,(H2,31,32,33,37). The Morgan fingerprint density at radius 3 is 2.70 bits per heavy atom. The average molecular weight is 547 g/mol. The second-order valence-electron chi connectivity index (χ2n) is 10.1. The van der Waals surface area contributed by atoms with Gasteiger partial charge in [-0.15, -0.1) is 0 Å². The number of methoxy groups -OCH3 is 1. The normalized spacial score (nSPS) is 18.1. The zero-order valence-electron chi connectivity index (χ0n) is 22.8. The number of benzene rings is 1. The summed E-state index contributed by atoms with van der Waals surface area (Å²) in [6.45, 7) is 3.91. The number of guanidine groups is 1. The number of anilines is 1. The van der Waals surface area contributed by atoms with Gasteiger partial charge in [-0.25, -0.2) is 9.98 Å². The Morgan fingerprint density at radius 2 is 1.90 bits per heavy atom. The summed E-state index contributed by atoms with van der Waals surface area (Å²) >= 11 is 0. The second-order valence-corrected chi connectivity index (χ2v) is 10.1. The maximum Gasteiger partial charge on any atom is 0.258 e. The summed E-state index contributed by atoms with van der Waals surface area (Å²) in [5, 5.41) is 6.90. The molecule has 11 nitrogen and oxygen atoms in total. The van der Waals surface area contributed by atoms with Gasteiger partial charge in [0, 0.05) is 48.5 Å². The SMILES string of the molecule is COc1cc(C(=O)NC(=NC2CCCCN(CC(=O)N3CCCC3)C2=O)Nc2ccc3oc(C)cc3c2)ccn1. The highest BCUT2D eigenvalue weighted by atomic mass is 16.5. The summed E-state index contributed by atoms with van der Waals surface area (Å²) in [7, 11) is 1.48. The van der Waals surface area contributed by atoms with Crippen LogP contribution in [0.3, 0.4) is 0 Å². The lowest BCUT2D eigenvalue weighted by Gasteiger charge is -2.25. The summed E-state index contributed by atoms with van der Waals surface area (Å²) in [5.74, 6) is 0.536. The van der Waals surface area contributed by atoms with Crippen LogP contribution in [0, 0.1) is 6.92 Å². The molecule has 1 aromatic carbocycles. The van der Waals surface area contributed by atoms with Crippen molar-refractivity contribution in [3.63, 3.8) is 0 Å². The molecule has 0 spiro atoms. The molecule has 0 bridgehead atoms. The Morgan fingerprint density at radius 1 is 1.10 bits per heavy atom. The lowest BCUT2D eigenvalue weighted by molar-refractivity contribution is -0.140. The molecule has 2 aliphatic heterocycles. The molecular formula is C29H34N6O5. The van der Waals surface area contributed by atoms with Gasteiger partial charge in [0.25, 0.3) is 5.91 Å². The number of aryl methyl sites for hydroxylation is 1. The number of likely N-dealkylation sites (tertiary alicyclic amines) is 2. The molecule has 2 N–H and O–H groups in total. The van der Waals surface area contributed by atoms with E-state index >= 15 is 0 Å². The summed E-state index contributed by atoms with van der Waals surface area (Å²) < 4.78 is 10.8. The molecule has 3 aromatic rings. The number of furan rings is 1. The minimum atomic E-state index is -0.747. The molecule has 40 heavy (non-hydrogen) atoms. The fourth-order valence-electron chi connectivity index (χ4n) is 5.08. The summed E-state index contributed by atoms with van der Waals surface area (Å²) in [6.07, 6.45) is 5.54. The van der Waals surface area contributed by atoms with E-state index in [1.165, 1.54) is 19.4 Å². The largest absolute Gasteiger partial charge is 0.481 e. The van der Waals surface area contributed by atoms with Gasteiger partial charge < -0.3 is 24.3 Å². The molecule has 210 valence electrons. The lowest BCUT2D eigenvalue weighted by atomic mass is 10.1. The van der Waals surface area contributed by atoms with Crippen LogP contribution in [-0.2, 0) is 9.59 Å². The zero-order chi connectivity index (χ0) is 28.1. The first-order chi connectivity index (χ1) is 19.4. The van der Waals surface area contributed by atoms with Crippen LogP contribution in [0.4, 0.5) is 5.69 Å². The summed E-state index contributed by atoms with van der Waals surface area (Å²) in [4.78, 5) is 51.8. The number of fused-ring (bicyclic) bond motifs is 1. The Hall–Kier alpha value is -4.41. The molecule has 2 aromatic heterocycles. The van der Waals surface area contributed by atoms with Gasteiger partial charge >= 0.3 is 0 Å². The number of ether oxygens (including phenoxy) is 1. The predicted molar refractivity (Wildman–Crippen MR) is 150 cm³/mol. The van der Waals surface area contributed by atoms with E-state index in [-0.39, 0.29) is 24.3 Å². The van der Waals surface area contributed by atoms with Gasteiger partial charge in [-0.3, -0.25) is 19.7 Å². The molecule has 3 amide bonds. The van der Waals surface area contributed by atoms with E-state index in [2.05, 4.69) is 15.6 Å². The number of rotatable bonds is 6. The van der Waals surface area contributed by atoms with Gasteiger partial charge in [0.05, 0.1) is 13.7 Å². The minimum absolute atomic E-state index is 0.0301. The molecule has 2 saturated heterocycles. The maximum absolute atomic E-state index is 13.6. The molecule has 0 saturated carbocycles. The summed E-state index contributed by atoms with van der Waals surface area (Å²) in [6, 6.07) is 9.80. The maximum atomic E-state index is 13.6. The number of nitrogens with one attached hydrogen (secondary N) is 2. The Balaban J connectivity index is 1.40. The third-order valence-electron chi connectivity index (χ3n) is 7.16. The van der Waals surface area contributed by atoms with Gasteiger partial charge in [0.1, 0.15) is 17.4 Å². The number of carbonyl (C=O) groups excluding carboxylic acids is 3. The first-order valence-corrected chi connectivity index (χ1v) is 13.6. The highest BCUT2D eigenvalue weighted by Gasteiger charge is 2.30. The first-order valence-electron chi connectivity index (χ1n) is 13.6.